The molecule has 0 atom stereocenters. The van der Waals surface area contributed by atoms with E-state index in [9.17, 15) is 22.8 Å². The van der Waals surface area contributed by atoms with Crippen molar-refractivity contribution < 1.29 is 27.9 Å². The molecular formula is C10H16F3NO3S. The fraction of sp³-hybridized carbons (Fsp3) is 0.800. The highest BCUT2D eigenvalue weighted by Gasteiger charge is 2.28. The highest BCUT2D eigenvalue weighted by atomic mass is 32.2. The first kappa shape index (κ1) is 17.1. The van der Waals surface area contributed by atoms with Crippen LogP contribution >= 0.6 is 11.8 Å². The number of halogens is 3. The molecule has 1 N–H and O–H groups in total. The summed E-state index contributed by atoms with van der Waals surface area (Å²) < 4.78 is 35.7. The fourth-order valence-corrected chi connectivity index (χ4v) is 1.90. The van der Waals surface area contributed by atoms with Gasteiger partial charge in [-0.1, -0.05) is 0 Å². The van der Waals surface area contributed by atoms with Crippen molar-refractivity contribution >= 4 is 23.6 Å². The van der Waals surface area contributed by atoms with Crippen molar-refractivity contribution in [3.8, 4) is 0 Å². The number of carboxylic acids is 1. The maximum atomic E-state index is 11.9. The zero-order valence-electron chi connectivity index (χ0n) is 10.2. The molecule has 0 fully saturated rings. The van der Waals surface area contributed by atoms with E-state index < -0.39 is 23.8 Å². The number of rotatable bonds is 7. The van der Waals surface area contributed by atoms with Crippen LogP contribution in [0.2, 0.25) is 0 Å². The Morgan fingerprint density at radius 3 is 2.28 bits per heavy atom. The molecule has 1 amide bonds. The van der Waals surface area contributed by atoms with Gasteiger partial charge in [0.2, 0.25) is 5.91 Å². The van der Waals surface area contributed by atoms with Crippen LogP contribution < -0.4 is 0 Å². The third-order valence-electron chi connectivity index (χ3n) is 2.00. The van der Waals surface area contributed by atoms with Crippen molar-refractivity contribution in [1.82, 2.24) is 4.90 Å². The molecule has 0 saturated heterocycles. The van der Waals surface area contributed by atoms with E-state index in [-0.39, 0.29) is 24.8 Å². The second-order valence-corrected chi connectivity index (χ2v) is 4.92. The van der Waals surface area contributed by atoms with Gasteiger partial charge in [-0.25, -0.2) is 0 Å². The molecule has 106 valence electrons. The van der Waals surface area contributed by atoms with E-state index in [2.05, 4.69) is 0 Å². The Bertz CT molecular complexity index is 295. The maximum absolute atomic E-state index is 11.9. The summed E-state index contributed by atoms with van der Waals surface area (Å²) in [5.41, 5.74) is 0. The molecule has 0 aromatic rings. The summed E-state index contributed by atoms with van der Waals surface area (Å²) in [7, 11) is 0. The first-order valence-electron chi connectivity index (χ1n) is 5.29. The number of hydrogen-bond donors (Lipinski definition) is 1. The van der Waals surface area contributed by atoms with Gasteiger partial charge >= 0.3 is 12.1 Å². The Balaban J connectivity index is 4.19. The molecule has 0 rings (SSSR count). The zero-order chi connectivity index (χ0) is 14.3. The average Bonchev–Trinajstić information content (AvgIpc) is 2.14. The molecule has 0 aliphatic carbocycles. The summed E-state index contributed by atoms with van der Waals surface area (Å²) in [6, 6.07) is -0.233. The first-order chi connectivity index (χ1) is 8.13. The topological polar surface area (TPSA) is 57.6 Å². The fourth-order valence-electron chi connectivity index (χ4n) is 1.22. The second kappa shape index (κ2) is 7.50. The Hall–Kier alpha value is -0.920. The zero-order valence-corrected chi connectivity index (χ0v) is 11.0. The lowest BCUT2D eigenvalue weighted by Gasteiger charge is -2.26. The third kappa shape index (κ3) is 8.21. The van der Waals surface area contributed by atoms with Gasteiger partial charge in [0, 0.05) is 12.6 Å². The average molecular weight is 287 g/mol. The van der Waals surface area contributed by atoms with Crippen LogP contribution in [0, 0.1) is 0 Å². The van der Waals surface area contributed by atoms with E-state index >= 15 is 0 Å². The van der Waals surface area contributed by atoms with E-state index in [0.29, 0.717) is 11.8 Å². The highest BCUT2D eigenvalue weighted by molar-refractivity contribution is 8.00. The van der Waals surface area contributed by atoms with Crippen LogP contribution in [0.4, 0.5) is 13.2 Å². The molecule has 0 aliphatic heterocycles. The van der Waals surface area contributed by atoms with Gasteiger partial charge in [-0.3, -0.25) is 9.59 Å². The van der Waals surface area contributed by atoms with Gasteiger partial charge in [-0.15, -0.1) is 11.8 Å². The van der Waals surface area contributed by atoms with Crippen LogP contribution in [0.1, 0.15) is 20.3 Å². The van der Waals surface area contributed by atoms with Crippen molar-refractivity contribution in [2.45, 2.75) is 32.5 Å². The smallest absolute Gasteiger partial charge is 0.397 e. The first-order valence-corrected chi connectivity index (χ1v) is 6.44. The van der Waals surface area contributed by atoms with Crippen molar-refractivity contribution in [3.63, 3.8) is 0 Å². The van der Waals surface area contributed by atoms with E-state index in [1.165, 1.54) is 4.90 Å². The van der Waals surface area contributed by atoms with Crippen molar-refractivity contribution in [2.24, 2.45) is 0 Å². The molecule has 0 saturated carbocycles. The molecule has 18 heavy (non-hydrogen) atoms. The van der Waals surface area contributed by atoms with Crippen molar-refractivity contribution in [2.75, 3.05) is 18.1 Å². The maximum Gasteiger partial charge on any atom is 0.397 e. The minimum absolute atomic E-state index is 0.0123. The summed E-state index contributed by atoms with van der Waals surface area (Å²) in [4.78, 5) is 23.3. The number of amides is 1. The van der Waals surface area contributed by atoms with Crippen LogP contribution in [-0.4, -0.2) is 52.2 Å². The summed E-state index contributed by atoms with van der Waals surface area (Å²) in [6.45, 7) is 3.39. The van der Waals surface area contributed by atoms with E-state index in [1.54, 1.807) is 13.8 Å². The number of carbonyl (C=O) groups is 2. The number of carbonyl (C=O) groups excluding carboxylic acids is 1. The third-order valence-corrected chi connectivity index (χ3v) is 2.98. The summed E-state index contributed by atoms with van der Waals surface area (Å²) >= 11 is 0.485. The Morgan fingerprint density at radius 2 is 1.89 bits per heavy atom. The Morgan fingerprint density at radius 1 is 1.33 bits per heavy atom. The summed E-state index contributed by atoms with van der Waals surface area (Å²) in [5, 5.41) is 8.52. The molecule has 0 bridgehead atoms. The lowest BCUT2D eigenvalue weighted by atomic mass is 10.3. The molecule has 0 heterocycles. The summed E-state index contributed by atoms with van der Waals surface area (Å²) in [6.07, 6.45) is -4.51. The molecule has 8 heteroatoms. The van der Waals surface area contributed by atoms with Gasteiger partial charge in [0.05, 0.1) is 17.9 Å². The summed E-state index contributed by atoms with van der Waals surface area (Å²) in [5.74, 6) is -2.89. The number of nitrogens with zero attached hydrogens (tertiary/aromatic N) is 1. The van der Waals surface area contributed by atoms with Gasteiger partial charge < -0.3 is 10.0 Å². The van der Waals surface area contributed by atoms with Crippen molar-refractivity contribution in [1.29, 1.82) is 0 Å². The molecule has 0 spiro atoms. The van der Waals surface area contributed by atoms with Crippen molar-refractivity contribution in [3.05, 3.63) is 0 Å². The molecule has 0 unspecified atom stereocenters. The van der Waals surface area contributed by atoms with Crippen LogP contribution in [0.5, 0.6) is 0 Å². The molecule has 0 aromatic carbocycles. The molecule has 0 aliphatic rings. The van der Waals surface area contributed by atoms with Crippen LogP contribution in [0.25, 0.3) is 0 Å². The molecular weight excluding hydrogens is 271 g/mol. The van der Waals surface area contributed by atoms with Crippen LogP contribution in [0.15, 0.2) is 0 Å². The number of carboxylic acid groups (broad SMARTS) is 1. The van der Waals surface area contributed by atoms with E-state index in [1.807, 2.05) is 0 Å². The lowest BCUT2D eigenvalue weighted by molar-refractivity contribution is -0.138. The molecule has 0 radical (unpaired) electrons. The minimum Gasteiger partial charge on any atom is -0.481 e. The van der Waals surface area contributed by atoms with Crippen LogP contribution in [-0.2, 0) is 9.59 Å². The predicted octanol–water partition coefficient (Wildman–Crippen LogP) is 1.99. The number of alkyl halides is 3. The Kier molecular flexibility index (Phi) is 7.12. The monoisotopic (exact) mass is 287 g/mol. The van der Waals surface area contributed by atoms with Gasteiger partial charge in [0.1, 0.15) is 0 Å². The number of hydrogen-bond acceptors (Lipinski definition) is 3. The van der Waals surface area contributed by atoms with Gasteiger partial charge in [-0.2, -0.15) is 13.2 Å². The Labute approximate surface area is 108 Å². The minimum atomic E-state index is -4.30. The second-order valence-electron chi connectivity index (χ2n) is 3.93. The highest BCUT2D eigenvalue weighted by Crippen LogP contribution is 2.21. The standard InChI is InChI=1S/C10H16F3NO3S/c1-7(2)14(4-3-9(16)17)8(15)5-18-6-10(11,12)13/h7H,3-6H2,1-2H3,(H,16,17). The predicted molar refractivity (Wildman–Crippen MR) is 62.5 cm³/mol. The number of aliphatic carboxylic acids is 1. The lowest BCUT2D eigenvalue weighted by Crippen LogP contribution is -2.39. The normalized spacial score (nSPS) is 11.7. The quantitative estimate of drug-likeness (QED) is 0.778. The SMILES string of the molecule is CC(C)N(CCC(=O)O)C(=O)CSCC(F)(F)F. The van der Waals surface area contributed by atoms with Gasteiger partial charge in [-0.05, 0) is 13.8 Å². The number of thioether (sulfide) groups is 1. The van der Waals surface area contributed by atoms with E-state index in [0.717, 1.165) is 0 Å². The van der Waals surface area contributed by atoms with E-state index in [4.69, 9.17) is 5.11 Å². The van der Waals surface area contributed by atoms with Gasteiger partial charge in [0.25, 0.3) is 0 Å². The molecule has 0 aromatic heterocycles. The van der Waals surface area contributed by atoms with Gasteiger partial charge in [0.15, 0.2) is 0 Å². The largest absolute Gasteiger partial charge is 0.481 e. The molecule has 4 nitrogen and oxygen atoms in total. The van der Waals surface area contributed by atoms with Crippen LogP contribution in [0.3, 0.4) is 0 Å².